The zero-order chi connectivity index (χ0) is 12.0. The van der Waals surface area contributed by atoms with Gasteiger partial charge >= 0.3 is 0 Å². The highest BCUT2D eigenvalue weighted by Crippen LogP contribution is 2.18. The molecule has 0 atom stereocenters. The smallest absolute Gasteiger partial charge is 0.217 e. The largest absolute Gasteiger partial charge is 0.392 e. The Morgan fingerprint density at radius 1 is 1.56 bits per heavy atom. The van der Waals surface area contributed by atoms with E-state index in [2.05, 4.69) is 5.32 Å². The van der Waals surface area contributed by atoms with Gasteiger partial charge in [-0.1, -0.05) is 29.8 Å². The first-order valence-electron chi connectivity index (χ1n) is 4.93. The fraction of sp³-hybridized carbons (Fsp3) is 0.250. The number of aliphatic hydroxyl groups is 1. The van der Waals surface area contributed by atoms with Crippen molar-refractivity contribution in [1.82, 2.24) is 5.32 Å². The molecule has 0 radical (unpaired) electrons. The third kappa shape index (κ3) is 4.04. The van der Waals surface area contributed by atoms with Crippen LogP contribution in [0.1, 0.15) is 18.1 Å². The highest BCUT2D eigenvalue weighted by molar-refractivity contribution is 6.31. The molecule has 1 rings (SSSR count). The fourth-order valence-electron chi connectivity index (χ4n) is 1.22. The van der Waals surface area contributed by atoms with Gasteiger partial charge in [0.05, 0.1) is 6.61 Å². The Kier molecular flexibility index (Phi) is 5.02. The normalized spacial score (nSPS) is 10.7. The zero-order valence-electron chi connectivity index (χ0n) is 9.03. The Morgan fingerprint density at radius 3 is 2.94 bits per heavy atom. The first-order chi connectivity index (χ1) is 7.63. The first kappa shape index (κ1) is 12.7. The Hall–Kier alpha value is -1.32. The third-order valence-corrected chi connectivity index (χ3v) is 2.39. The average molecular weight is 240 g/mol. The minimum atomic E-state index is -0.0772. The van der Waals surface area contributed by atoms with Crippen molar-refractivity contribution in [3.8, 4) is 0 Å². The summed E-state index contributed by atoms with van der Waals surface area (Å²) < 4.78 is 0. The average Bonchev–Trinajstić information content (AvgIpc) is 2.26. The van der Waals surface area contributed by atoms with E-state index in [9.17, 15) is 4.79 Å². The number of aliphatic hydroxyl groups excluding tert-OH is 1. The van der Waals surface area contributed by atoms with Gasteiger partial charge in [0.15, 0.2) is 0 Å². The quantitative estimate of drug-likeness (QED) is 0.844. The Bertz CT molecular complexity index is 402. The number of carbonyl (C=O) groups excluding carboxylic acids is 1. The highest BCUT2D eigenvalue weighted by Gasteiger charge is 1.98. The minimum Gasteiger partial charge on any atom is -0.392 e. The van der Waals surface area contributed by atoms with Gasteiger partial charge in [-0.05, 0) is 23.3 Å². The summed E-state index contributed by atoms with van der Waals surface area (Å²) in [5.41, 5.74) is 1.64. The number of nitrogens with one attached hydrogen (secondary N) is 1. The molecule has 0 spiro atoms. The number of hydrogen-bond donors (Lipinski definition) is 2. The van der Waals surface area contributed by atoms with Crippen molar-refractivity contribution in [2.75, 3.05) is 6.54 Å². The van der Waals surface area contributed by atoms with Crippen molar-refractivity contribution in [3.05, 3.63) is 40.4 Å². The van der Waals surface area contributed by atoms with E-state index in [0.29, 0.717) is 17.1 Å². The summed E-state index contributed by atoms with van der Waals surface area (Å²) in [7, 11) is 0. The number of carbonyl (C=O) groups is 1. The molecular formula is C12H14ClNO2. The zero-order valence-corrected chi connectivity index (χ0v) is 9.79. The highest BCUT2D eigenvalue weighted by atomic mass is 35.5. The molecule has 0 heterocycles. The SMILES string of the molecule is CC(=O)NCC=Cc1ccc(Cl)c(CO)c1. The van der Waals surface area contributed by atoms with Crippen LogP contribution in [0.5, 0.6) is 0 Å². The van der Waals surface area contributed by atoms with E-state index in [-0.39, 0.29) is 12.5 Å². The predicted octanol–water partition coefficient (Wildman–Crippen LogP) is 1.98. The molecular weight excluding hydrogens is 226 g/mol. The van der Waals surface area contributed by atoms with Gasteiger partial charge in [0.2, 0.25) is 5.91 Å². The summed E-state index contributed by atoms with van der Waals surface area (Å²) in [4.78, 5) is 10.6. The van der Waals surface area contributed by atoms with Gasteiger partial charge in [-0.2, -0.15) is 0 Å². The number of benzene rings is 1. The van der Waals surface area contributed by atoms with Gasteiger partial charge in [0.25, 0.3) is 0 Å². The molecule has 4 heteroatoms. The second-order valence-electron chi connectivity index (χ2n) is 3.35. The van der Waals surface area contributed by atoms with Crippen molar-refractivity contribution in [2.45, 2.75) is 13.5 Å². The molecule has 0 bridgehead atoms. The van der Waals surface area contributed by atoms with E-state index >= 15 is 0 Å². The third-order valence-electron chi connectivity index (χ3n) is 2.02. The summed E-state index contributed by atoms with van der Waals surface area (Å²) in [5, 5.41) is 12.2. The summed E-state index contributed by atoms with van der Waals surface area (Å²) in [6.45, 7) is 1.89. The molecule has 0 aliphatic rings. The lowest BCUT2D eigenvalue weighted by atomic mass is 10.1. The standard InChI is InChI=1S/C12H14ClNO2/c1-9(16)14-6-2-3-10-4-5-12(13)11(7-10)8-15/h2-5,7,15H,6,8H2,1H3,(H,14,16). The van der Waals surface area contributed by atoms with E-state index in [1.54, 1.807) is 6.07 Å². The second-order valence-corrected chi connectivity index (χ2v) is 3.76. The van der Waals surface area contributed by atoms with Gasteiger partial charge in [-0.25, -0.2) is 0 Å². The number of amides is 1. The number of hydrogen-bond acceptors (Lipinski definition) is 2. The number of rotatable bonds is 4. The van der Waals surface area contributed by atoms with Crippen LogP contribution in [0.15, 0.2) is 24.3 Å². The van der Waals surface area contributed by atoms with Gasteiger partial charge in [-0.15, -0.1) is 0 Å². The van der Waals surface area contributed by atoms with Gasteiger partial charge < -0.3 is 10.4 Å². The molecule has 2 N–H and O–H groups in total. The summed E-state index contributed by atoms with van der Waals surface area (Å²) in [6, 6.07) is 5.41. The van der Waals surface area contributed by atoms with Crippen LogP contribution in [-0.2, 0) is 11.4 Å². The molecule has 16 heavy (non-hydrogen) atoms. The van der Waals surface area contributed by atoms with Crippen LogP contribution in [0.3, 0.4) is 0 Å². The Morgan fingerprint density at radius 2 is 2.31 bits per heavy atom. The van der Waals surface area contributed by atoms with Crippen LogP contribution in [0.2, 0.25) is 5.02 Å². The molecule has 0 fully saturated rings. The van der Waals surface area contributed by atoms with Crippen molar-refractivity contribution in [1.29, 1.82) is 0 Å². The van der Waals surface area contributed by atoms with Crippen LogP contribution in [0.25, 0.3) is 6.08 Å². The van der Waals surface area contributed by atoms with E-state index < -0.39 is 0 Å². The minimum absolute atomic E-state index is 0.0585. The van der Waals surface area contributed by atoms with Crippen LogP contribution < -0.4 is 5.32 Å². The Balaban J connectivity index is 2.63. The van der Waals surface area contributed by atoms with E-state index in [1.807, 2.05) is 24.3 Å². The summed E-state index contributed by atoms with van der Waals surface area (Å²) in [5.74, 6) is -0.0585. The maximum absolute atomic E-state index is 10.6. The molecule has 0 aliphatic carbocycles. The molecule has 0 saturated carbocycles. The lowest BCUT2D eigenvalue weighted by molar-refractivity contribution is -0.118. The van der Waals surface area contributed by atoms with Crippen LogP contribution in [-0.4, -0.2) is 17.6 Å². The topological polar surface area (TPSA) is 49.3 Å². The second kappa shape index (κ2) is 6.30. The molecule has 1 aromatic carbocycles. The van der Waals surface area contributed by atoms with E-state index in [0.717, 1.165) is 5.56 Å². The fourth-order valence-corrected chi connectivity index (χ4v) is 1.39. The van der Waals surface area contributed by atoms with Crippen molar-refractivity contribution < 1.29 is 9.90 Å². The predicted molar refractivity (Wildman–Crippen MR) is 65.1 cm³/mol. The summed E-state index contributed by atoms with van der Waals surface area (Å²) in [6.07, 6.45) is 3.71. The molecule has 0 saturated heterocycles. The Labute approximate surface area is 99.7 Å². The van der Waals surface area contributed by atoms with Gasteiger partial charge in [0.1, 0.15) is 0 Å². The van der Waals surface area contributed by atoms with Crippen molar-refractivity contribution >= 4 is 23.6 Å². The molecule has 1 amide bonds. The molecule has 1 aromatic rings. The number of halogens is 1. The first-order valence-corrected chi connectivity index (χ1v) is 5.31. The molecule has 86 valence electrons. The molecule has 0 aromatic heterocycles. The molecule has 0 unspecified atom stereocenters. The van der Waals surface area contributed by atoms with Crippen molar-refractivity contribution in [2.24, 2.45) is 0 Å². The lowest BCUT2D eigenvalue weighted by Gasteiger charge is -2.01. The maximum Gasteiger partial charge on any atom is 0.217 e. The van der Waals surface area contributed by atoms with Crippen LogP contribution >= 0.6 is 11.6 Å². The van der Waals surface area contributed by atoms with Gasteiger partial charge in [-0.3, -0.25) is 4.79 Å². The van der Waals surface area contributed by atoms with Gasteiger partial charge in [0, 0.05) is 18.5 Å². The van der Waals surface area contributed by atoms with E-state index in [1.165, 1.54) is 6.92 Å². The lowest BCUT2D eigenvalue weighted by Crippen LogP contribution is -2.19. The monoisotopic (exact) mass is 239 g/mol. The van der Waals surface area contributed by atoms with E-state index in [4.69, 9.17) is 16.7 Å². The summed E-state index contributed by atoms with van der Waals surface area (Å²) >= 11 is 5.86. The molecule has 0 aliphatic heterocycles. The maximum atomic E-state index is 10.6. The van der Waals surface area contributed by atoms with Crippen LogP contribution in [0.4, 0.5) is 0 Å². The van der Waals surface area contributed by atoms with Crippen molar-refractivity contribution in [3.63, 3.8) is 0 Å². The van der Waals surface area contributed by atoms with Crippen LogP contribution in [0, 0.1) is 0 Å². The molecule has 3 nitrogen and oxygen atoms in total.